The molecule has 0 fully saturated rings. The molecule has 0 aliphatic rings. The summed E-state index contributed by atoms with van der Waals surface area (Å²) in [5.41, 5.74) is 0.695. The van der Waals surface area contributed by atoms with Crippen LogP contribution in [-0.2, 0) is 9.53 Å². The number of phenols is 1. The molecule has 0 unspecified atom stereocenters. The van der Waals surface area contributed by atoms with Crippen molar-refractivity contribution >= 4 is 12.0 Å². The van der Waals surface area contributed by atoms with E-state index < -0.39 is 5.97 Å². The van der Waals surface area contributed by atoms with Gasteiger partial charge in [-0.25, -0.2) is 4.79 Å². The highest BCUT2D eigenvalue weighted by atomic mass is 16.5. The van der Waals surface area contributed by atoms with Crippen LogP contribution in [0.15, 0.2) is 24.3 Å². The SMILES string of the molecule is COC(=O)C=Cc1ccc(O)cc1OC. The summed E-state index contributed by atoms with van der Waals surface area (Å²) in [7, 11) is 2.80. The highest BCUT2D eigenvalue weighted by molar-refractivity contribution is 5.87. The van der Waals surface area contributed by atoms with E-state index in [0.717, 1.165) is 0 Å². The molecule has 0 atom stereocenters. The molecule has 1 aromatic carbocycles. The fourth-order valence-corrected chi connectivity index (χ4v) is 1.06. The first kappa shape index (κ1) is 11.1. The minimum absolute atomic E-state index is 0.113. The molecule has 0 amide bonds. The normalized spacial score (nSPS) is 10.3. The second-order valence-electron chi connectivity index (χ2n) is 2.78. The minimum atomic E-state index is -0.440. The van der Waals surface area contributed by atoms with Crippen molar-refractivity contribution < 1.29 is 19.4 Å². The molecule has 0 aliphatic heterocycles. The van der Waals surface area contributed by atoms with Crippen LogP contribution in [0.3, 0.4) is 0 Å². The molecule has 4 nitrogen and oxygen atoms in total. The van der Waals surface area contributed by atoms with Crippen molar-refractivity contribution in [3.05, 3.63) is 29.8 Å². The molecule has 4 heteroatoms. The predicted octanol–water partition coefficient (Wildman–Crippen LogP) is 1.59. The third-order valence-corrected chi connectivity index (χ3v) is 1.82. The van der Waals surface area contributed by atoms with Gasteiger partial charge in [0.15, 0.2) is 0 Å². The van der Waals surface area contributed by atoms with Crippen LogP contribution >= 0.6 is 0 Å². The first-order valence-electron chi connectivity index (χ1n) is 4.30. The summed E-state index contributed by atoms with van der Waals surface area (Å²) in [6.07, 6.45) is 2.85. The van der Waals surface area contributed by atoms with Crippen molar-refractivity contribution in [1.29, 1.82) is 0 Å². The number of hydrogen-bond donors (Lipinski definition) is 1. The molecule has 0 heterocycles. The van der Waals surface area contributed by atoms with Gasteiger partial charge in [0.2, 0.25) is 0 Å². The number of methoxy groups -OCH3 is 2. The van der Waals surface area contributed by atoms with Gasteiger partial charge in [0.05, 0.1) is 14.2 Å². The molecule has 1 N–H and O–H groups in total. The van der Waals surface area contributed by atoms with E-state index in [1.165, 1.54) is 32.4 Å². The number of carbonyl (C=O) groups is 1. The van der Waals surface area contributed by atoms with Crippen LogP contribution in [0.1, 0.15) is 5.56 Å². The Bertz CT molecular complexity index is 382. The summed E-state index contributed by atoms with van der Waals surface area (Å²) in [6, 6.07) is 4.63. The number of hydrogen-bond acceptors (Lipinski definition) is 4. The lowest BCUT2D eigenvalue weighted by Gasteiger charge is -2.04. The van der Waals surface area contributed by atoms with Crippen molar-refractivity contribution in [3.8, 4) is 11.5 Å². The maximum atomic E-state index is 10.9. The lowest BCUT2D eigenvalue weighted by molar-refractivity contribution is -0.134. The van der Waals surface area contributed by atoms with Crippen LogP contribution < -0.4 is 4.74 Å². The topological polar surface area (TPSA) is 55.8 Å². The Balaban J connectivity index is 2.94. The van der Waals surface area contributed by atoms with E-state index >= 15 is 0 Å². The zero-order valence-electron chi connectivity index (χ0n) is 8.56. The van der Waals surface area contributed by atoms with E-state index in [2.05, 4.69) is 4.74 Å². The van der Waals surface area contributed by atoms with E-state index in [0.29, 0.717) is 11.3 Å². The van der Waals surface area contributed by atoms with Crippen LogP contribution in [0.2, 0.25) is 0 Å². The Hall–Kier alpha value is -1.97. The third-order valence-electron chi connectivity index (χ3n) is 1.82. The van der Waals surface area contributed by atoms with Crippen molar-refractivity contribution in [2.24, 2.45) is 0 Å². The van der Waals surface area contributed by atoms with Gasteiger partial charge in [0.1, 0.15) is 11.5 Å². The highest BCUT2D eigenvalue weighted by Crippen LogP contribution is 2.24. The van der Waals surface area contributed by atoms with Crippen LogP contribution in [0.4, 0.5) is 0 Å². The van der Waals surface area contributed by atoms with Gasteiger partial charge in [-0.15, -0.1) is 0 Å². The first-order valence-corrected chi connectivity index (χ1v) is 4.30. The molecular weight excluding hydrogens is 196 g/mol. The van der Waals surface area contributed by atoms with Gasteiger partial charge in [-0.05, 0) is 18.2 Å². The van der Waals surface area contributed by atoms with Crippen molar-refractivity contribution in [3.63, 3.8) is 0 Å². The largest absolute Gasteiger partial charge is 0.508 e. The minimum Gasteiger partial charge on any atom is -0.508 e. The maximum absolute atomic E-state index is 10.9. The van der Waals surface area contributed by atoms with Crippen LogP contribution in [0, 0.1) is 0 Å². The molecule has 0 spiro atoms. The molecule has 0 saturated heterocycles. The average molecular weight is 208 g/mol. The number of esters is 1. The number of carbonyl (C=O) groups excluding carboxylic acids is 1. The summed E-state index contributed by atoms with van der Waals surface area (Å²) in [6.45, 7) is 0. The van der Waals surface area contributed by atoms with Crippen molar-refractivity contribution in [2.75, 3.05) is 14.2 Å². The smallest absolute Gasteiger partial charge is 0.330 e. The number of aromatic hydroxyl groups is 1. The second-order valence-corrected chi connectivity index (χ2v) is 2.78. The lowest BCUT2D eigenvalue weighted by atomic mass is 10.2. The monoisotopic (exact) mass is 208 g/mol. The fourth-order valence-electron chi connectivity index (χ4n) is 1.06. The molecule has 0 aromatic heterocycles. The number of rotatable bonds is 3. The number of ether oxygens (including phenoxy) is 2. The molecule has 0 radical (unpaired) electrons. The molecule has 0 bridgehead atoms. The lowest BCUT2D eigenvalue weighted by Crippen LogP contribution is -1.94. The highest BCUT2D eigenvalue weighted by Gasteiger charge is 2.01. The van der Waals surface area contributed by atoms with E-state index in [4.69, 9.17) is 4.74 Å². The van der Waals surface area contributed by atoms with Gasteiger partial charge in [0, 0.05) is 17.7 Å². The molecule has 1 aromatic rings. The van der Waals surface area contributed by atoms with Crippen LogP contribution in [0.5, 0.6) is 11.5 Å². The maximum Gasteiger partial charge on any atom is 0.330 e. The summed E-state index contributed by atoms with van der Waals surface area (Å²) in [5, 5.41) is 9.20. The molecular formula is C11H12O4. The molecule has 80 valence electrons. The zero-order valence-corrected chi connectivity index (χ0v) is 8.56. The van der Waals surface area contributed by atoms with Crippen molar-refractivity contribution in [1.82, 2.24) is 0 Å². The van der Waals surface area contributed by atoms with Crippen LogP contribution in [0.25, 0.3) is 6.08 Å². The first-order chi connectivity index (χ1) is 7.17. The summed E-state index contributed by atoms with van der Waals surface area (Å²) >= 11 is 0. The summed E-state index contributed by atoms with van der Waals surface area (Å²) < 4.78 is 9.48. The molecule has 15 heavy (non-hydrogen) atoms. The second kappa shape index (κ2) is 5.05. The Labute approximate surface area is 87.7 Å². The summed E-state index contributed by atoms with van der Waals surface area (Å²) in [4.78, 5) is 10.9. The van der Waals surface area contributed by atoms with Gasteiger partial charge in [-0.1, -0.05) is 0 Å². The number of phenolic OH excluding ortho intramolecular Hbond substituents is 1. The Morgan fingerprint density at radius 1 is 1.40 bits per heavy atom. The third kappa shape index (κ3) is 3.02. The standard InChI is InChI=1S/C11H12O4/c1-14-10-7-9(12)5-3-8(10)4-6-11(13)15-2/h3-7,12H,1-2H3. The van der Waals surface area contributed by atoms with E-state index in [1.54, 1.807) is 12.1 Å². The zero-order chi connectivity index (χ0) is 11.3. The van der Waals surface area contributed by atoms with Gasteiger partial charge >= 0.3 is 5.97 Å². The van der Waals surface area contributed by atoms with Gasteiger partial charge in [-0.3, -0.25) is 0 Å². The molecule has 0 aliphatic carbocycles. The van der Waals surface area contributed by atoms with Gasteiger partial charge in [0.25, 0.3) is 0 Å². The predicted molar refractivity (Wildman–Crippen MR) is 55.7 cm³/mol. The average Bonchev–Trinajstić information content (AvgIpc) is 2.26. The number of benzene rings is 1. The molecule has 1 rings (SSSR count). The van der Waals surface area contributed by atoms with Gasteiger partial charge < -0.3 is 14.6 Å². The van der Waals surface area contributed by atoms with E-state index in [-0.39, 0.29) is 5.75 Å². The fraction of sp³-hybridized carbons (Fsp3) is 0.182. The quantitative estimate of drug-likeness (QED) is 0.605. The Morgan fingerprint density at radius 3 is 2.73 bits per heavy atom. The Morgan fingerprint density at radius 2 is 2.13 bits per heavy atom. The van der Waals surface area contributed by atoms with Crippen LogP contribution in [-0.4, -0.2) is 25.3 Å². The van der Waals surface area contributed by atoms with E-state index in [1.807, 2.05) is 0 Å². The summed E-state index contributed by atoms with van der Waals surface area (Å²) in [5.74, 6) is 0.169. The van der Waals surface area contributed by atoms with Gasteiger partial charge in [-0.2, -0.15) is 0 Å². The molecule has 0 saturated carbocycles. The van der Waals surface area contributed by atoms with Crippen molar-refractivity contribution in [2.45, 2.75) is 0 Å². The Kier molecular flexibility index (Phi) is 3.74. The van der Waals surface area contributed by atoms with E-state index in [9.17, 15) is 9.90 Å².